The summed E-state index contributed by atoms with van der Waals surface area (Å²) in [6, 6.07) is 11.6. The third-order valence-electron chi connectivity index (χ3n) is 3.58. The zero-order chi connectivity index (χ0) is 18.5. The predicted molar refractivity (Wildman–Crippen MR) is 109 cm³/mol. The summed E-state index contributed by atoms with van der Waals surface area (Å²) in [4.78, 5) is 22.8. The van der Waals surface area contributed by atoms with Gasteiger partial charge in [0.2, 0.25) is 0 Å². The average molecular weight is 405 g/mol. The largest absolute Gasteiger partial charge is 0.347 e. The number of rotatable bonds is 6. The smallest absolute Gasteiger partial charge is 0.263 e. The van der Waals surface area contributed by atoms with Gasteiger partial charge in [0.1, 0.15) is 10.7 Å². The van der Waals surface area contributed by atoms with Crippen molar-refractivity contribution in [3.63, 3.8) is 0 Å². The number of hydrogen-bond donors (Lipinski definition) is 2. The summed E-state index contributed by atoms with van der Waals surface area (Å²) in [5.74, 6) is 0.495. The summed E-state index contributed by atoms with van der Waals surface area (Å²) >= 11 is 8.82. The first-order valence-corrected chi connectivity index (χ1v) is 10.2. The monoisotopic (exact) mass is 404 g/mol. The van der Waals surface area contributed by atoms with Gasteiger partial charge in [-0.1, -0.05) is 35.1 Å². The molecule has 0 aliphatic heterocycles. The Morgan fingerprint density at radius 1 is 1.23 bits per heavy atom. The lowest BCUT2D eigenvalue weighted by molar-refractivity contribution is 0.0954. The van der Waals surface area contributed by atoms with Crippen molar-refractivity contribution in [2.24, 2.45) is 0 Å². The number of aryl methyl sites for hydroxylation is 1. The quantitative estimate of drug-likeness (QED) is 0.572. The molecule has 0 atom stereocenters. The summed E-state index contributed by atoms with van der Waals surface area (Å²) in [6.07, 6.45) is 3.59. The van der Waals surface area contributed by atoms with Crippen LogP contribution < -0.4 is 10.6 Å². The van der Waals surface area contributed by atoms with Gasteiger partial charge in [-0.05, 0) is 43.0 Å². The maximum absolute atomic E-state index is 12.5. The summed E-state index contributed by atoms with van der Waals surface area (Å²) in [7, 11) is 0. The van der Waals surface area contributed by atoms with Gasteiger partial charge in [0, 0.05) is 17.6 Å². The Hall–Kier alpha value is -2.09. The second-order valence-corrected chi connectivity index (χ2v) is 7.77. The number of pyridine rings is 1. The lowest BCUT2D eigenvalue weighted by Gasteiger charge is -2.05. The van der Waals surface area contributed by atoms with E-state index in [0.29, 0.717) is 33.1 Å². The molecule has 0 aliphatic carbocycles. The Morgan fingerprint density at radius 2 is 2.00 bits per heavy atom. The first kappa shape index (κ1) is 18.7. The van der Waals surface area contributed by atoms with Gasteiger partial charge in [-0.2, -0.15) is 0 Å². The number of aromatic nitrogens is 2. The Kier molecular flexibility index (Phi) is 6.13. The molecule has 0 saturated heterocycles. The van der Waals surface area contributed by atoms with E-state index in [1.165, 1.54) is 16.2 Å². The van der Waals surface area contributed by atoms with Gasteiger partial charge in [-0.3, -0.25) is 4.79 Å². The number of anilines is 2. The van der Waals surface area contributed by atoms with Crippen molar-refractivity contribution in [2.75, 3.05) is 11.6 Å². The number of nitrogens with one attached hydrogen (secondary N) is 2. The molecule has 1 amide bonds. The molecule has 0 unspecified atom stereocenters. The second-order valence-electron chi connectivity index (χ2n) is 5.45. The standard InChI is InChI=1S/C18H17ClN4OS2/c1-11-16(17(24)21-9-12-3-6-14(25-2)7-4-12)26-18(22-11)23-15-8-5-13(19)10-20-15/h3-8,10H,9H2,1-2H3,(H,21,24)(H,20,22,23). The number of thioether (sulfide) groups is 1. The Balaban J connectivity index is 1.63. The molecule has 1 aromatic carbocycles. The summed E-state index contributed by atoms with van der Waals surface area (Å²) in [5, 5.41) is 7.21. The highest BCUT2D eigenvalue weighted by molar-refractivity contribution is 7.98. The highest BCUT2D eigenvalue weighted by atomic mass is 35.5. The van der Waals surface area contributed by atoms with Gasteiger partial charge in [0.15, 0.2) is 5.13 Å². The molecule has 3 aromatic rings. The zero-order valence-electron chi connectivity index (χ0n) is 14.2. The van der Waals surface area contributed by atoms with Gasteiger partial charge >= 0.3 is 0 Å². The SMILES string of the molecule is CSc1ccc(CNC(=O)c2sc(Nc3ccc(Cl)cn3)nc2C)cc1. The lowest BCUT2D eigenvalue weighted by Crippen LogP contribution is -2.22. The first-order chi connectivity index (χ1) is 12.5. The number of hydrogen-bond acceptors (Lipinski definition) is 6. The Bertz CT molecular complexity index is 895. The minimum atomic E-state index is -0.133. The molecule has 2 heterocycles. The van der Waals surface area contributed by atoms with Gasteiger partial charge in [-0.25, -0.2) is 9.97 Å². The van der Waals surface area contributed by atoms with Crippen molar-refractivity contribution in [2.45, 2.75) is 18.4 Å². The fourth-order valence-electron chi connectivity index (χ4n) is 2.23. The summed E-state index contributed by atoms with van der Waals surface area (Å²) < 4.78 is 0. The number of benzene rings is 1. The van der Waals surface area contributed by atoms with Gasteiger partial charge in [0.05, 0.1) is 10.7 Å². The van der Waals surface area contributed by atoms with Crippen molar-refractivity contribution >= 4 is 51.6 Å². The van der Waals surface area contributed by atoms with Crippen LogP contribution in [0.3, 0.4) is 0 Å². The molecule has 8 heteroatoms. The highest BCUT2D eigenvalue weighted by Gasteiger charge is 2.15. The minimum Gasteiger partial charge on any atom is -0.347 e. The molecule has 2 N–H and O–H groups in total. The van der Waals surface area contributed by atoms with Crippen molar-refractivity contribution < 1.29 is 4.79 Å². The molecule has 0 fully saturated rings. The predicted octanol–water partition coefficient (Wildman–Crippen LogP) is 4.90. The van der Waals surface area contributed by atoms with E-state index in [1.54, 1.807) is 30.1 Å². The van der Waals surface area contributed by atoms with E-state index < -0.39 is 0 Å². The maximum atomic E-state index is 12.5. The minimum absolute atomic E-state index is 0.133. The lowest BCUT2D eigenvalue weighted by atomic mass is 10.2. The molecular weight excluding hydrogens is 388 g/mol. The average Bonchev–Trinajstić information content (AvgIpc) is 3.02. The fourth-order valence-corrected chi connectivity index (χ4v) is 3.64. The number of thiazole rings is 1. The first-order valence-electron chi connectivity index (χ1n) is 7.82. The normalized spacial score (nSPS) is 10.6. The number of amides is 1. The molecule has 26 heavy (non-hydrogen) atoms. The van der Waals surface area contributed by atoms with E-state index in [-0.39, 0.29) is 5.91 Å². The second kappa shape index (κ2) is 8.53. The van der Waals surface area contributed by atoms with Gasteiger partial charge < -0.3 is 10.6 Å². The summed E-state index contributed by atoms with van der Waals surface area (Å²) in [6.45, 7) is 2.30. The Labute approximate surface area is 165 Å². The third kappa shape index (κ3) is 4.75. The van der Waals surface area contributed by atoms with Crippen LogP contribution in [0.25, 0.3) is 0 Å². The van der Waals surface area contributed by atoms with Crippen LogP contribution in [0.5, 0.6) is 0 Å². The van der Waals surface area contributed by atoms with E-state index in [0.717, 1.165) is 5.56 Å². The van der Waals surface area contributed by atoms with Crippen molar-refractivity contribution in [1.29, 1.82) is 0 Å². The van der Waals surface area contributed by atoms with Crippen LogP contribution in [0.1, 0.15) is 20.9 Å². The topological polar surface area (TPSA) is 66.9 Å². The van der Waals surface area contributed by atoms with Gasteiger partial charge in [-0.15, -0.1) is 11.8 Å². The van der Waals surface area contributed by atoms with Crippen LogP contribution in [0.4, 0.5) is 10.9 Å². The van der Waals surface area contributed by atoms with E-state index in [1.807, 2.05) is 37.4 Å². The van der Waals surface area contributed by atoms with Crippen molar-refractivity contribution in [3.05, 3.63) is 63.8 Å². The molecule has 134 valence electrons. The zero-order valence-corrected chi connectivity index (χ0v) is 16.6. The molecule has 0 bridgehead atoms. The van der Waals surface area contributed by atoms with Crippen molar-refractivity contribution in [1.82, 2.24) is 15.3 Å². The Morgan fingerprint density at radius 3 is 2.65 bits per heavy atom. The third-order valence-corrected chi connectivity index (χ3v) is 5.62. The molecule has 0 aliphatic rings. The van der Waals surface area contributed by atoms with Crippen LogP contribution in [0, 0.1) is 6.92 Å². The molecule has 0 radical (unpaired) electrons. The molecule has 0 spiro atoms. The number of carbonyl (C=O) groups excluding carboxylic acids is 1. The van der Waals surface area contributed by atoms with Crippen LogP contribution in [0.2, 0.25) is 5.02 Å². The van der Waals surface area contributed by atoms with Crippen LogP contribution in [0.15, 0.2) is 47.5 Å². The fraction of sp³-hybridized carbons (Fsp3) is 0.167. The summed E-state index contributed by atoms with van der Waals surface area (Å²) in [5.41, 5.74) is 1.74. The number of halogens is 1. The van der Waals surface area contributed by atoms with E-state index in [4.69, 9.17) is 11.6 Å². The molecule has 3 rings (SSSR count). The van der Waals surface area contributed by atoms with Gasteiger partial charge in [0.25, 0.3) is 5.91 Å². The molecular formula is C18H17ClN4OS2. The molecule has 0 saturated carbocycles. The highest BCUT2D eigenvalue weighted by Crippen LogP contribution is 2.25. The number of nitrogens with zero attached hydrogens (tertiary/aromatic N) is 2. The molecule has 5 nitrogen and oxygen atoms in total. The van der Waals surface area contributed by atoms with Crippen LogP contribution in [-0.2, 0) is 6.54 Å². The molecule has 2 aromatic heterocycles. The number of carbonyl (C=O) groups is 1. The van der Waals surface area contributed by atoms with Crippen molar-refractivity contribution in [3.8, 4) is 0 Å². The van der Waals surface area contributed by atoms with E-state index in [9.17, 15) is 4.79 Å². The van der Waals surface area contributed by atoms with E-state index >= 15 is 0 Å². The maximum Gasteiger partial charge on any atom is 0.263 e. The van der Waals surface area contributed by atoms with E-state index in [2.05, 4.69) is 20.6 Å². The van der Waals surface area contributed by atoms with Crippen LogP contribution >= 0.6 is 34.7 Å². The van der Waals surface area contributed by atoms with Crippen LogP contribution in [-0.4, -0.2) is 22.1 Å².